The van der Waals surface area contributed by atoms with Gasteiger partial charge in [-0.3, -0.25) is 4.79 Å². The van der Waals surface area contributed by atoms with E-state index in [1.54, 1.807) is 12.1 Å². The van der Waals surface area contributed by atoms with Crippen LogP contribution < -0.4 is 11.1 Å². The van der Waals surface area contributed by atoms with Gasteiger partial charge >= 0.3 is 0 Å². The van der Waals surface area contributed by atoms with E-state index in [-0.39, 0.29) is 36.3 Å². The third-order valence-corrected chi connectivity index (χ3v) is 5.13. The molecule has 3 rings (SSSR count). The Hall–Kier alpha value is -1.17. The Morgan fingerprint density at radius 1 is 1.30 bits per heavy atom. The topological polar surface area (TPSA) is 64.3 Å². The van der Waals surface area contributed by atoms with Crippen molar-refractivity contribution in [3.8, 4) is 0 Å². The number of ether oxygens (including phenoxy) is 1. The Bertz CT molecular complexity index is 554. The van der Waals surface area contributed by atoms with Crippen LogP contribution in [0.1, 0.15) is 30.9 Å². The molecule has 1 saturated heterocycles. The van der Waals surface area contributed by atoms with Gasteiger partial charge in [0.2, 0.25) is 5.91 Å². The van der Waals surface area contributed by atoms with Gasteiger partial charge in [-0.2, -0.15) is 0 Å². The van der Waals surface area contributed by atoms with Crippen molar-refractivity contribution < 1.29 is 13.9 Å². The van der Waals surface area contributed by atoms with Crippen LogP contribution in [0.2, 0.25) is 5.02 Å². The molecule has 5 atom stereocenters. The first kappa shape index (κ1) is 16.7. The minimum atomic E-state index is -0.899. The van der Waals surface area contributed by atoms with Crippen LogP contribution in [0.3, 0.4) is 0 Å². The zero-order chi connectivity index (χ0) is 16.4. The molecule has 0 spiro atoms. The molecule has 0 bridgehead atoms. The Kier molecular flexibility index (Phi) is 5.19. The van der Waals surface area contributed by atoms with Crippen LogP contribution in [0.4, 0.5) is 4.39 Å². The second-order valence-electron chi connectivity index (χ2n) is 6.34. The predicted octanol–water partition coefficient (Wildman–Crippen LogP) is 2.61. The molecule has 5 unspecified atom stereocenters. The van der Waals surface area contributed by atoms with Gasteiger partial charge in [0.25, 0.3) is 0 Å². The molecule has 0 radical (unpaired) electrons. The maximum absolute atomic E-state index is 13.7. The summed E-state index contributed by atoms with van der Waals surface area (Å²) in [6.45, 7) is 0.841. The second-order valence-corrected chi connectivity index (χ2v) is 6.78. The molecule has 1 heterocycles. The fourth-order valence-electron chi connectivity index (χ4n) is 3.79. The summed E-state index contributed by atoms with van der Waals surface area (Å²) < 4.78 is 19.7. The first-order valence-corrected chi connectivity index (χ1v) is 8.49. The number of hydrogen-bond donors (Lipinski definition) is 2. The van der Waals surface area contributed by atoms with Gasteiger partial charge < -0.3 is 15.8 Å². The average molecular weight is 341 g/mol. The highest BCUT2D eigenvalue weighted by Gasteiger charge is 2.47. The number of rotatable bonds is 4. The molecule has 2 aliphatic rings. The second kappa shape index (κ2) is 7.16. The smallest absolute Gasteiger partial charge is 0.224 e. The lowest BCUT2D eigenvalue weighted by atomic mass is 9.70. The molecule has 6 heteroatoms. The van der Waals surface area contributed by atoms with Gasteiger partial charge in [0.15, 0.2) is 0 Å². The molecule has 1 saturated carbocycles. The third-order valence-electron chi connectivity index (χ3n) is 4.88. The molecule has 0 aromatic heterocycles. The van der Waals surface area contributed by atoms with Gasteiger partial charge in [-0.1, -0.05) is 23.7 Å². The maximum Gasteiger partial charge on any atom is 0.224 e. The molecule has 2 fully saturated rings. The molecule has 1 amide bonds. The molecular formula is C17H22ClFN2O2. The number of nitrogens with two attached hydrogens (primary N) is 1. The number of nitrogens with one attached hydrogen (secondary N) is 1. The van der Waals surface area contributed by atoms with Crippen molar-refractivity contribution in [1.29, 1.82) is 0 Å². The summed E-state index contributed by atoms with van der Waals surface area (Å²) in [5, 5.41) is 3.66. The van der Waals surface area contributed by atoms with Gasteiger partial charge in [-0.25, -0.2) is 4.39 Å². The highest BCUT2D eigenvalue weighted by molar-refractivity contribution is 6.30. The van der Waals surface area contributed by atoms with E-state index in [9.17, 15) is 9.18 Å². The molecule has 1 aliphatic heterocycles. The summed E-state index contributed by atoms with van der Waals surface area (Å²) in [5.41, 5.74) is 6.53. The minimum absolute atomic E-state index is 0.0305. The summed E-state index contributed by atoms with van der Waals surface area (Å²) >= 11 is 5.95. The fourth-order valence-corrected chi connectivity index (χ4v) is 3.92. The number of hydrogen-bond acceptors (Lipinski definition) is 3. The zero-order valence-corrected chi connectivity index (χ0v) is 13.6. The number of amides is 1. The van der Waals surface area contributed by atoms with Crippen molar-refractivity contribution in [2.45, 2.75) is 37.6 Å². The summed E-state index contributed by atoms with van der Waals surface area (Å²) in [6, 6.07) is 7.14. The number of carbonyl (C=O) groups excluding carboxylic acids is 1. The summed E-state index contributed by atoms with van der Waals surface area (Å²) in [6.07, 6.45) is 0.356. The number of halogens is 2. The van der Waals surface area contributed by atoms with Crippen LogP contribution >= 0.6 is 11.6 Å². The Morgan fingerprint density at radius 3 is 2.74 bits per heavy atom. The van der Waals surface area contributed by atoms with E-state index in [0.29, 0.717) is 31.0 Å². The standard InChI is InChI=1S/C17H22ClFN2O2/c18-11-3-1-10(2-4-11)15-16(23-8-7-20)13-6-5-12(19)9-14(13)17(22)21-15/h1-4,12-16H,5-9,20H2,(H,21,22). The fraction of sp³-hybridized carbons (Fsp3) is 0.588. The minimum Gasteiger partial charge on any atom is -0.374 e. The van der Waals surface area contributed by atoms with E-state index in [2.05, 4.69) is 5.32 Å². The van der Waals surface area contributed by atoms with Gasteiger partial charge in [-0.05, 0) is 42.9 Å². The quantitative estimate of drug-likeness (QED) is 0.885. The number of carbonyl (C=O) groups is 1. The Balaban J connectivity index is 1.88. The zero-order valence-electron chi connectivity index (χ0n) is 12.9. The monoisotopic (exact) mass is 340 g/mol. The SMILES string of the molecule is NCCOC1C(c2ccc(Cl)cc2)NC(=O)C2CC(F)CCC21. The van der Waals surface area contributed by atoms with Crippen LogP contribution in [-0.4, -0.2) is 31.3 Å². The average Bonchev–Trinajstić information content (AvgIpc) is 2.55. The number of benzene rings is 1. The normalized spacial score (nSPS) is 33.9. The van der Waals surface area contributed by atoms with Gasteiger partial charge in [0.05, 0.1) is 18.8 Å². The number of alkyl halides is 1. The van der Waals surface area contributed by atoms with E-state index >= 15 is 0 Å². The first-order chi connectivity index (χ1) is 11.1. The summed E-state index contributed by atoms with van der Waals surface area (Å²) in [5.74, 6) is -0.363. The van der Waals surface area contributed by atoms with E-state index in [1.807, 2.05) is 12.1 Å². The van der Waals surface area contributed by atoms with Crippen LogP contribution in [0, 0.1) is 11.8 Å². The van der Waals surface area contributed by atoms with Crippen LogP contribution in [-0.2, 0) is 9.53 Å². The van der Waals surface area contributed by atoms with E-state index in [1.165, 1.54) is 0 Å². The molecule has 126 valence electrons. The predicted molar refractivity (Wildman–Crippen MR) is 86.9 cm³/mol. The lowest BCUT2D eigenvalue weighted by molar-refractivity contribution is -0.144. The lowest BCUT2D eigenvalue weighted by Crippen LogP contribution is -2.55. The van der Waals surface area contributed by atoms with E-state index < -0.39 is 6.17 Å². The van der Waals surface area contributed by atoms with E-state index in [4.69, 9.17) is 22.1 Å². The van der Waals surface area contributed by atoms with Crippen molar-refractivity contribution in [3.05, 3.63) is 34.9 Å². The summed E-state index contributed by atoms with van der Waals surface area (Å²) in [7, 11) is 0. The van der Waals surface area contributed by atoms with Crippen molar-refractivity contribution >= 4 is 17.5 Å². The molecule has 4 nitrogen and oxygen atoms in total. The Labute approximate surface area is 140 Å². The largest absolute Gasteiger partial charge is 0.374 e. The third kappa shape index (κ3) is 3.52. The van der Waals surface area contributed by atoms with Crippen LogP contribution in [0.5, 0.6) is 0 Å². The molecule has 3 N–H and O–H groups in total. The molecule has 1 aromatic carbocycles. The number of fused-ring (bicyclic) bond motifs is 1. The van der Waals surface area contributed by atoms with E-state index in [0.717, 1.165) is 5.56 Å². The summed E-state index contributed by atoms with van der Waals surface area (Å²) in [4.78, 5) is 12.5. The molecule has 23 heavy (non-hydrogen) atoms. The van der Waals surface area contributed by atoms with Crippen molar-refractivity contribution in [3.63, 3.8) is 0 Å². The van der Waals surface area contributed by atoms with Crippen LogP contribution in [0.25, 0.3) is 0 Å². The first-order valence-electron chi connectivity index (χ1n) is 8.11. The highest BCUT2D eigenvalue weighted by atomic mass is 35.5. The van der Waals surface area contributed by atoms with Gasteiger partial charge in [-0.15, -0.1) is 0 Å². The lowest BCUT2D eigenvalue weighted by Gasteiger charge is -2.45. The number of piperidine rings is 1. The molecular weight excluding hydrogens is 319 g/mol. The van der Waals surface area contributed by atoms with Crippen molar-refractivity contribution in [2.24, 2.45) is 17.6 Å². The van der Waals surface area contributed by atoms with Crippen molar-refractivity contribution in [1.82, 2.24) is 5.32 Å². The van der Waals surface area contributed by atoms with Gasteiger partial charge in [0.1, 0.15) is 6.17 Å². The van der Waals surface area contributed by atoms with Crippen molar-refractivity contribution in [2.75, 3.05) is 13.2 Å². The Morgan fingerprint density at radius 2 is 2.04 bits per heavy atom. The maximum atomic E-state index is 13.7. The molecule has 1 aliphatic carbocycles. The van der Waals surface area contributed by atoms with Gasteiger partial charge in [0, 0.05) is 17.5 Å². The molecule has 1 aromatic rings. The highest BCUT2D eigenvalue weighted by Crippen LogP contribution is 2.42. The van der Waals surface area contributed by atoms with Crippen LogP contribution in [0.15, 0.2) is 24.3 Å².